The Kier molecular flexibility index (Phi) is 4.98. The van der Waals surface area contributed by atoms with Crippen molar-refractivity contribution in [2.75, 3.05) is 19.1 Å². The highest BCUT2D eigenvalue weighted by molar-refractivity contribution is 6.66. The van der Waals surface area contributed by atoms with Crippen molar-refractivity contribution in [3.8, 4) is 5.75 Å². The van der Waals surface area contributed by atoms with E-state index in [1.54, 1.807) is 26.3 Å². The number of anilines is 1. The highest BCUT2D eigenvalue weighted by atomic mass is 35.5. The summed E-state index contributed by atoms with van der Waals surface area (Å²) >= 11 is 5.52. The first-order valence-electron chi connectivity index (χ1n) is 5.42. The molecule has 4 heteroatoms. The largest absolute Gasteiger partial charge is 0.497 e. The molecule has 0 unspecified atom stereocenters. The molecule has 0 bridgehead atoms. The van der Waals surface area contributed by atoms with Gasteiger partial charge in [0.25, 0.3) is 0 Å². The molecule has 0 fully saturated rings. The second-order valence-electron chi connectivity index (χ2n) is 3.78. The predicted octanol–water partition coefficient (Wildman–Crippen LogP) is 4.08. The first-order chi connectivity index (χ1) is 8.51. The molecule has 0 aliphatic carbocycles. The highest BCUT2D eigenvalue weighted by Crippen LogP contribution is 2.31. The van der Waals surface area contributed by atoms with Crippen molar-refractivity contribution in [2.45, 2.75) is 6.92 Å². The molecule has 0 atom stereocenters. The molecule has 0 heterocycles. The number of methoxy groups -OCH3 is 1. The van der Waals surface area contributed by atoms with Crippen LogP contribution in [-0.2, 0) is 0 Å². The van der Waals surface area contributed by atoms with E-state index in [4.69, 9.17) is 16.3 Å². The van der Waals surface area contributed by atoms with Crippen LogP contribution >= 0.6 is 11.6 Å². The van der Waals surface area contributed by atoms with E-state index in [9.17, 15) is 4.79 Å². The Bertz CT molecular complexity index is 495. The Morgan fingerprint density at radius 1 is 1.50 bits per heavy atom. The van der Waals surface area contributed by atoms with Crippen LogP contribution in [0.3, 0.4) is 0 Å². The molecule has 0 saturated heterocycles. The Labute approximate surface area is 112 Å². The number of allylic oxidation sites excluding steroid dienone is 3. The summed E-state index contributed by atoms with van der Waals surface area (Å²) in [6.45, 7) is 5.61. The van der Waals surface area contributed by atoms with Crippen molar-refractivity contribution in [3.05, 3.63) is 42.5 Å². The molecule has 96 valence electrons. The summed E-state index contributed by atoms with van der Waals surface area (Å²) in [6.07, 6.45) is 3.57. The number of carbonyl (C=O) groups is 1. The number of benzene rings is 1. The van der Waals surface area contributed by atoms with E-state index >= 15 is 0 Å². The van der Waals surface area contributed by atoms with Gasteiger partial charge in [-0.2, -0.15) is 0 Å². The average Bonchev–Trinajstić information content (AvgIpc) is 2.37. The summed E-state index contributed by atoms with van der Waals surface area (Å²) in [5, 5.41) is -0.545. The second kappa shape index (κ2) is 6.26. The van der Waals surface area contributed by atoms with E-state index in [1.807, 2.05) is 25.1 Å². The smallest absolute Gasteiger partial charge is 0.320 e. The maximum atomic E-state index is 11.3. The van der Waals surface area contributed by atoms with Gasteiger partial charge in [0.1, 0.15) is 5.75 Å². The monoisotopic (exact) mass is 265 g/mol. The number of amides is 1. The molecule has 0 saturated carbocycles. The van der Waals surface area contributed by atoms with Gasteiger partial charge >= 0.3 is 5.37 Å². The van der Waals surface area contributed by atoms with Crippen molar-refractivity contribution >= 4 is 28.2 Å². The van der Waals surface area contributed by atoms with Gasteiger partial charge in [-0.25, -0.2) is 0 Å². The molecule has 0 aliphatic heterocycles. The van der Waals surface area contributed by atoms with Crippen LogP contribution in [0.15, 0.2) is 36.9 Å². The number of rotatable bonds is 4. The molecule has 1 aromatic carbocycles. The molecule has 1 amide bonds. The van der Waals surface area contributed by atoms with Gasteiger partial charge in [-0.3, -0.25) is 4.79 Å². The fourth-order valence-electron chi connectivity index (χ4n) is 1.61. The maximum absolute atomic E-state index is 11.3. The summed E-state index contributed by atoms with van der Waals surface area (Å²) < 4.78 is 5.16. The van der Waals surface area contributed by atoms with E-state index in [0.29, 0.717) is 11.4 Å². The van der Waals surface area contributed by atoms with Gasteiger partial charge in [0.05, 0.1) is 12.8 Å². The fraction of sp³-hybridized carbons (Fsp3) is 0.214. The van der Waals surface area contributed by atoms with Crippen molar-refractivity contribution in [1.82, 2.24) is 0 Å². The molecule has 18 heavy (non-hydrogen) atoms. The Morgan fingerprint density at radius 3 is 2.67 bits per heavy atom. The van der Waals surface area contributed by atoms with Crippen LogP contribution in [0.2, 0.25) is 0 Å². The van der Waals surface area contributed by atoms with E-state index in [0.717, 1.165) is 11.1 Å². The first kappa shape index (κ1) is 14.3. The third kappa shape index (κ3) is 3.14. The first-order valence-corrected chi connectivity index (χ1v) is 5.80. The van der Waals surface area contributed by atoms with Crippen LogP contribution in [0, 0.1) is 0 Å². The number of carbonyl (C=O) groups excluding carboxylic acids is 1. The van der Waals surface area contributed by atoms with Crippen LogP contribution in [-0.4, -0.2) is 19.5 Å². The summed E-state index contributed by atoms with van der Waals surface area (Å²) in [6, 6.07) is 5.50. The van der Waals surface area contributed by atoms with Crippen LogP contribution in [0.25, 0.3) is 5.57 Å². The lowest BCUT2D eigenvalue weighted by atomic mass is 10.0. The SMILES string of the molecule is C=C/C=C(/C)c1ccc(OC)cc1N(C)C(=O)Cl. The molecular weight excluding hydrogens is 250 g/mol. The minimum absolute atomic E-state index is 0.545. The van der Waals surface area contributed by atoms with Crippen molar-refractivity contribution in [1.29, 1.82) is 0 Å². The maximum Gasteiger partial charge on any atom is 0.320 e. The Hall–Kier alpha value is -1.74. The van der Waals surface area contributed by atoms with Gasteiger partial charge in [0.2, 0.25) is 0 Å². The highest BCUT2D eigenvalue weighted by Gasteiger charge is 2.14. The predicted molar refractivity (Wildman–Crippen MR) is 76.5 cm³/mol. The summed E-state index contributed by atoms with van der Waals surface area (Å²) in [7, 11) is 3.20. The van der Waals surface area contributed by atoms with E-state index in [2.05, 4.69) is 6.58 Å². The zero-order chi connectivity index (χ0) is 13.7. The third-order valence-corrected chi connectivity index (χ3v) is 2.88. The average molecular weight is 266 g/mol. The number of hydrogen-bond acceptors (Lipinski definition) is 2. The number of hydrogen-bond donors (Lipinski definition) is 0. The van der Waals surface area contributed by atoms with Crippen molar-refractivity contribution in [3.63, 3.8) is 0 Å². The lowest BCUT2D eigenvalue weighted by Crippen LogP contribution is -2.20. The lowest BCUT2D eigenvalue weighted by Gasteiger charge is -2.19. The van der Waals surface area contributed by atoms with E-state index in [1.165, 1.54) is 4.90 Å². The van der Waals surface area contributed by atoms with Crippen LogP contribution in [0.4, 0.5) is 10.5 Å². The van der Waals surface area contributed by atoms with Crippen molar-refractivity contribution < 1.29 is 9.53 Å². The molecule has 0 radical (unpaired) electrons. The van der Waals surface area contributed by atoms with Gasteiger partial charge in [0, 0.05) is 18.7 Å². The number of nitrogens with zero attached hydrogens (tertiary/aromatic N) is 1. The second-order valence-corrected chi connectivity index (χ2v) is 4.10. The standard InChI is InChI=1S/C14H16ClNO2/c1-5-6-10(2)12-8-7-11(18-4)9-13(12)16(3)14(15)17/h5-9H,1H2,2-4H3/b10-6-. The van der Waals surface area contributed by atoms with E-state index in [-0.39, 0.29) is 0 Å². The fourth-order valence-corrected chi connectivity index (χ4v) is 1.70. The molecule has 0 aromatic heterocycles. The van der Waals surface area contributed by atoms with Crippen LogP contribution < -0.4 is 9.64 Å². The molecule has 0 spiro atoms. The van der Waals surface area contributed by atoms with Crippen molar-refractivity contribution in [2.24, 2.45) is 0 Å². The van der Waals surface area contributed by atoms with Gasteiger partial charge in [-0.15, -0.1) is 0 Å². The molecule has 1 aromatic rings. The lowest BCUT2D eigenvalue weighted by molar-refractivity contribution is 0.265. The van der Waals surface area contributed by atoms with Gasteiger partial charge in [-0.05, 0) is 36.2 Å². The number of halogens is 1. The molecule has 3 nitrogen and oxygen atoms in total. The van der Waals surface area contributed by atoms with Crippen LogP contribution in [0.1, 0.15) is 12.5 Å². The summed E-state index contributed by atoms with van der Waals surface area (Å²) in [4.78, 5) is 12.7. The minimum atomic E-state index is -0.545. The number of ether oxygens (including phenoxy) is 1. The molecule has 0 aliphatic rings. The molecular formula is C14H16ClNO2. The van der Waals surface area contributed by atoms with Gasteiger partial charge < -0.3 is 9.64 Å². The summed E-state index contributed by atoms with van der Waals surface area (Å²) in [5.74, 6) is 0.671. The topological polar surface area (TPSA) is 29.5 Å². The van der Waals surface area contributed by atoms with Gasteiger partial charge in [-0.1, -0.05) is 18.7 Å². The van der Waals surface area contributed by atoms with Gasteiger partial charge in [0.15, 0.2) is 0 Å². The minimum Gasteiger partial charge on any atom is -0.497 e. The zero-order valence-corrected chi connectivity index (χ0v) is 11.5. The normalized spacial score (nSPS) is 11.0. The van der Waals surface area contributed by atoms with E-state index < -0.39 is 5.37 Å². The molecule has 0 N–H and O–H groups in total. The Morgan fingerprint density at radius 2 is 2.17 bits per heavy atom. The van der Waals surface area contributed by atoms with Crippen LogP contribution in [0.5, 0.6) is 5.75 Å². The molecule has 1 rings (SSSR count). The zero-order valence-electron chi connectivity index (χ0n) is 10.7. The third-order valence-electron chi connectivity index (χ3n) is 2.62. The Balaban J connectivity index is 3.37. The quantitative estimate of drug-likeness (QED) is 0.466. The summed E-state index contributed by atoms with van der Waals surface area (Å²) in [5.41, 5.74) is 2.60.